The summed E-state index contributed by atoms with van der Waals surface area (Å²) in [5, 5.41) is 0. The van der Waals surface area contributed by atoms with Crippen molar-refractivity contribution in [3.05, 3.63) is 30.1 Å². The number of nitrogens with two attached hydrogens (primary N) is 1. The Balaban J connectivity index is 1.82. The molecule has 1 fully saturated rings. The lowest BCUT2D eigenvalue weighted by atomic mass is 9.82. The van der Waals surface area contributed by atoms with Gasteiger partial charge in [0.05, 0.1) is 0 Å². The van der Waals surface area contributed by atoms with Gasteiger partial charge in [-0.3, -0.25) is 16.3 Å². The maximum Gasteiger partial charge on any atom is 0.0299 e. The van der Waals surface area contributed by atoms with Crippen LogP contribution in [0.3, 0.4) is 0 Å². The molecule has 1 aromatic heterocycles. The van der Waals surface area contributed by atoms with Crippen LogP contribution in [-0.2, 0) is 6.42 Å². The van der Waals surface area contributed by atoms with Crippen LogP contribution in [-0.4, -0.2) is 11.0 Å². The maximum absolute atomic E-state index is 5.70. The number of hydrogen-bond donors (Lipinski definition) is 2. The average molecular weight is 233 g/mol. The highest BCUT2D eigenvalue weighted by Crippen LogP contribution is 2.27. The standard InChI is InChI=1S/C14H23N3/c15-17-14(13-6-2-1-3-7-13)9-8-12-5-4-10-16-11-12/h4-5,10-11,13-14,17H,1-3,6-9,15H2. The van der Waals surface area contributed by atoms with Crippen LogP contribution >= 0.6 is 0 Å². The molecule has 0 amide bonds. The summed E-state index contributed by atoms with van der Waals surface area (Å²) in [6, 6.07) is 4.61. The molecule has 0 aromatic carbocycles. The highest BCUT2D eigenvalue weighted by Gasteiger charge is 2.22. The molecule has 94 valence electrons. The van der Waals surface area contributed by atoms with E-state index in [4.69, 9.17) is 5.84 Å². The fourth-order valence-corrected chi connectivity index (χ4v) is 2.86. The maximum atomic E-state index is 5.70. The summed E-state index contributed by atoms with van der Waals surface area (Å²) in [6.45, 7) is 0. The second-order valence-electron chi connectivity index (χ2n) is 5.07. The zero-order valence-electron chi connectivity index (χ0n) is 10.4. The van der Waals surface area contributed by atoms with Crippen LogP contribution in [0.4, 0.5) is 0 Å². The zero-order chi connectivity index (χ0) is 11.9. The van der Waals surface area contributed by atoms with E-state index >= 15 is 0 Å². The fraction of sp³-hybridized carbons (Fsp3) is 0.643. The van der Waals surface area contributed by atoms with E-state index in [0.29, 0.717) is 6.04 Å². The molecule has 3 N–H and O–H groups in total. The Hall–Kier alpha value is -0.930. The second-order valence-corrected chi connectivity index (χ2v) is 5.07. The molecule has 0 aliphatic heterocycles. The number of nitrogens with one attached hydrogen (secondary N) is 1. The van der Waals surface area contributed by atoms with Crippen LogP contribution in [0.15, 0.2) is 24.5 Å². The molecule has 1 aromatic rings. The zero-order valence-corrected chi connectivity index (χ0v) is 10.4. The van der Waals surface area contributed by atoms with Crippen molar-refractivity contribution < 1.29 is 0 Å². The van der Waals surface area contributed by atoms with Crippen molar-refractivity contribution in [3.8, 4) is 0 Å². The Morgan fingerprint density at radius 3 is 2.82 bits per heavy atom. The van der Waals surface area contributed by atoms with Crippen molar-refractivity contribution in [3.63, 3.8) is 0 Å². The predicted molar refractivity (Wildman–Crippen MR) is 70.2 cm³/mol. The molecule has 1 unspecified atom stereocenters. The number of aryl methyl sites for hydroxylation is 1. The minimum Gasteiger partial charge on any atom is -0.271 e. The van der Waals surface area contributed by atoms with Gasteiger partial charge in [0, 0.05) is 18.4 Å². The molecule has 0 radical (unpaired) electrons. The largest absolute Gasteiger partial charge is 0.271 e. The van der Waals surface area contributed by atoms with Gasteiger partial charge in [-0.05, 0) is 43.2 Å². The van der Waals surface area contributed by atoms with Gasteiger partial charge in [-0.15, -0.1) is 0 Å². The van der Waals surface area contributed by atoms with Crippen LogP contribution < -0.4 is 11.3 Å². The van der Waals surface area contributed by atoms with Crippen molar-refractivity contribution in [2.45, 2.75) is 51.0 Å². The summed E-state index contributed by atoms with van der Waals surface area (Å²) in [7, 11) is 0. The molecule has 0 spiro atoms. The van der Waals surface area contributed by atoms with Gasteiger partial charge in [0.25, 0.3) is 0 Å². The quantitative estimate of drug-likeness (QED) is 0.606. The van der Waals surface area contributed by atoms with Gasteiger partial charge in [-0.25, -0.2) is 0 Å². The summed E-state index contributed by atoms with van der Waals surface area (Å²) in [5.74, 6) is 6.47. The number of rotatable bonds is 5. The molecule has 0 saturated heterocycles. The van der Waals surface area contributed by atoms with Crippen molar-refractivity contribution >= 4 is 0 Å². The summed E-state index contributed by atoms with van der Waals surface area (Å²) < 4.78 is 0. The van der Waals surface area contributed by atoms with Gasteiger partial charge < -0.3 is 0 Å². The number of aromatic nitrogens is 1. The van der Waals surface area contributed by atoms with Crippen molar-refractivity contribution in [2.24, 2.45) is 11.8 Å². The van der Waals surface area contributed by atoms with E-state index in [-0.39, 0.29) is 0 Å². The predicted octanol–water partition coefficient (Wildman–Crippen LogP) is 2.43. The summed E-state index contributed by atoms with van der Waals surface area (Å²) in [4.78, 5) is 4.15. The van der Waals surface area contributed by atoms with Gasteiger partial charge in [-0.2, -0.15) is 0 Å². The molecule has 1 aliphatic carbocycles. The Labute approximate surface area is 104 Å². The highest BCUT2D eigenvalue weighted by molar-refractivity contribution is 5.08. The van der Waals surface area contributed by atoms with Gasteiger partial charge in [0.15, 0.2) is 0 Å². The first-order chi connectivity index (χ1) is 8.40. The Bertz CT molecular complexity index is 307. The monoisotopic (exact) mass is 233 g/mol. The molecular weight excluding hydrogens is 210 g/mol. The molecule has 1 saturated carbocycles. The third-order valence-electron chi connectivity index (χ3n) is 3.90. The van der Waals surface area contributed by atoms with Crippen molar-refractivity contribution in [1.29, 1.82) is 0 Å². The first kappa shape index (κ1) is 12.5. The first-order valence-corrected chi connectivity index (χ1v) is 6.75. The molecule has 0 bridgehead atoms. The minimum atomic E-state index is 0.468. The van der Waals surface area contributed by atoms with Crippen molar-refractivity contribution in [2.75, 3.05) is 0 Å². The number of nitrogens with zero attached hydrogens (tertiary/aromatic N) is 1. The lowest BCUT2D eigenvalue weighted by molar-refractivity contribution is 0.260. The first-order valence-electron chi connectivity index (χ1n) is 6.75. The van der Waals surface area contributed by atoms with Crippen molar-refractivity contribution in [1.82, 2.24) is 10.4 Å². The van der Waals surface area contributed by atoms with Gasteiger partial charge in [0.2, 0.25) is 0 Å². The molecule has 2 rings (SSSR count). The third-order valence-corrected chi connectivity index (χ3v) is 3.90. The van der Waals surface area contributed by atoms with Crippen LogP contribution in [0.1, 0.15) is 44.1 Å². The van der Waals surface area contributed by atoms with Gasteiger partial charge >= 0.3 is 0 Å². The van der Waals surface area contributed by atoms with E-state index in [0.717, 1.165) is 18.8 Å². The average Bonchev–Trinajstić information content (AvgIpc) is 2.42. The minimum absolute atomic E-state index is 0.468. The van der Waals surface area contributed by atoms with Crippen LogP contribution in [0.2, 0.25) is 0 Å². The number of hydrogen-bond acceptors (Lipinski definition) is 3. The van der Waals surface area contributed by atoms with E-state index < -0.39 is 0 Å². The molecule has 3 nitrogen and oxygen atoms in total. The van der Waals surface area contributed by atoms with E-state index in [1.807, 2.05) is 18.5 Å². The number of pyridine rings is 1. The number of hydrazine groups is 1. The molecule has 3 heteroatoms. The van der Waals surface area contributed by atoms with E-state index in [1.165, 1.54) is 37.7 Å². The Morgan fingerprint density at radius 1 is 1.35 bits per heavy atom. The van der Waals surface area contributed by atoms with Crippen LogP contribution in [0, 0.1) is 5.92 Å². The lowest BCUT2D eigenvalue weighted by Gasteiger charge is -2.29. The molecule has 17 heavy (non-hydrogen) atoms. The Morgan fingerprint density at radius 2 is 2.18 bits per heavy atom. The molecule has 1 atom stereocenters. The summed E-state index contributed by atoms with van der Waals surface area (Å²) in [5.41, 5.74) is 4.33. The SMILES string of the molecule is NNC(CCc1cccnc1)C1CCCCC1. The smallest absolute Gasteiger partial charge is 0.0299 e. The summed E-state index contributed by atoms with van der Waals surface area (Å²) in [6.07, 6.45) is 12.8. The van der Waals surface area contributed by atoms with E-state index in [9.17, 15) is 0 Å². The highest BCUT2D eigenvalue weighted by atomic mass is 15.2. The third kappa shape index (κ3) is 3.79. The normalized spacial score (nSPS) is 19.1. The van der Waals surface area contributed by atoms with Crippen LogP contribution in [0.25, 0.3) is 0 Å². The lowest BCUT2D eigenvalue weighted by Crippen LogP contribution is -2.42. The van der Waals surface area contributed by atoms with E-state index in [1.54, 1.807) is 0 Å². The molecule has 1 heterocycles. The van der Waals surface area contributed by atoms with Gasteiger partial charge in [-0.1, -0.05) is 25.3 Å². The van der Waals surface area contributed by atoms with E-state index in [2.05, 4.69) is 16.5 Å². The second kappa shape index (κ2) is 6.72. The summed E-state index contributed by atoms with van der Waals surface area (Å²) >= 11 is 0. The topological polar surface area (TPSA) is 50.9 Å². The molecular formula is C14H23N3. The molecule has 1 aliphatic rings. The fourth-order valence-electron chi connectivity index (χ4n) is 2.86. The van der Waals surface area contributed by atoms with Crippen LogP contribution in [0.5, 0.6) is 0 Å². The van der Waals surface area contributed by atoms with Gasteiger partial charge in [0.1, 0.15) is 0 Å². The Kier molecular flexibility index (Phi) is 4.95.